The summed E-state index contributed by atoms with van der Waals surface area (Å²) in [6.07, 6.45) is 0. The van der Waals surface area contributed by atoms with Crippen LogP contribution in [0.25, 0.3) is 0 Å². The molecule has 0 amide bonds. The van der Waals surface area contributed by atoms with Crippen molar-refractivity contribution in [1.82, 2.24) is 5.32 Å². The lowest BCUT2D eigenvalue weighted by molar-refractivity contribution is -0.159. The van der Waals surface area contributed by atoms with Gasteiger partial charge in [-0.25, -0.2) is 0 Å². The molecular weight excluding hydrogens is 218 g/mol. The van der Waals surface area contributed by atoms with Crippen LogP contribution in [-0.4, -0.2) is 34.9 Å². The van der Waals surface area contributed by atoms with Gasteiger partial charge >= 0.3 is 5.97 Å². The van der Waals surface area contributed by atoms with E-state index >= 15 is 0 Å². The van der Waals surface area contributed by atoms with Gasteiger partial charge in [0, 0.05) is 5.54 Å². The molecule has 0 saturated carbocycles. The van der Waals surface area contributed by atoms with Crippen molar-refractivity contribution in [3.05, 3.63) is 0 Å². The fourth-order valence-electron chi connectivity index (χ4n) is 1.07. The Morgan fingerprint density at radius 1 is 1.18 bits per heavy atom. The van der Waals surface area contributed by atoms with E-state index in [4.69, 9.17) is 9.84 Å². The smallest absolute Gasteiger partial charge is 0.326 e. The standard InChI is InChI=1S/C11H23NO3.2CH4/c1-10(2,3)12-8(7-13)9(14)15-11(4,5)6;;/h8,12-13H,7H2,1-6H3;2*1H4. The van der Waals surface area contributed by atoms with E-state index in [0.29, 0.717) is 0 Å². The number of carbonyl (C=O) groups is 1. The van der Waals surface area contributed by atoms with Gasteiger partial charge in [0.25, 0.3) is 0 Å². The topological polar surface area (TPSA) is 58.6 Å². The molecule has 0 saturated heterocycles. The number of carbonyl (C=O) groups excluding carboxylic acids is 1. The number of esters is 1. The predicted molar refractivity (Wildman–Crippen MR) is 73.1 cm³/mol. The molecule has 0 radical (unpaired) electrons. The molecule has 0 aromatic rings. The summed E-state index contributed by atoms with van der Waals surface area (Å²) >= 11 is 0. The number of aliphatic hydroxyl groups is 1. The minimum absolute atomic E-state index is 0. The van der Waals surface area contributed by atoms with Crippen LogP contribution in [0, 0.1) is 0 Å². The second kappa shape index (κ2) is 7.67. The Morgan fingerprint density at radius 2 is 1.59 bits per heavy atom. The number of nitrogens with one attached hydrogen (secondary N) is 1. The monoisotopic (exact) mass is 249 g/mol. The molecule has 0 aliphatic carbocycles. The van der Waals surface area contributed by atoms with Gasteiger partial charge in [0.15, 0.2) is 0 Å². The Hall–Kier alpha value is -0.610. The van der Waals surface area contributed by atoms with E-state index in [2.05, 4.69) is 5.32 Å². The lowest BCUT2D eigenvalue weighted by atomic mass is 10.1. The van der Waals surface area contributed by atoms with E-state index in [9.17, 15) is 4.79 Å². The van der Waals surface area contributed by atoms with Crippen LogP contribution in [0.5, 0.6) is 0 Å². The molecule has 0 aromatic heterocycles. The van der Waals surface area contributed by atoms with Gasteiger partial charge in [-0.15, -0.1) is 0 Å². The van der Waals surface area contributed by atoms with E-state index < -0.39 is 17.6 Å². The van der Waals surface area contributed by atoms with Gasteiger partial charge in [0.2, 0.25) is 0 Å². The fraction of sp³-hybridized carbons (Fsp3) is 0.923. The molecule has 106 valence electrons. The molecule has 0 spiro atoms. The molecule has 0 bridgehead atoms. The molecule has 1 atom stereocenters. The molecule has 4 nitrogen and oxygen atoms in total. The van der Waals surface area contributed by atoms with Crippen molar-refractivity contribution in [2.24, 2.45) is 0 Å². The quantitative estimate of drug-likeness (QED) is 0.754. The number of hydrogen-bond donors (Lipinski definition) is 2. The van der Waals surface area contributed by atoms with Gasteiger partial charge in [0.05, 0.1) is 6.61 Å². The maximum Gasteiger partial charge on any atom is 0.326 e. The molecule has 0 rings (SSSR count). The Balaban J connectivity index is -0.000000980. The first-order valence-corrected chi connectivity index (χ1v) is 5.16. The zero-order chi connectivity index (χ0) is 12.3. The highest BCUT2D eigenvalue weighted by atomic mass is 16.6. The van der Waals surface area contributed by atoms with Crippen molar-refractivity contribution < 1.29 is 14.6 Å². The zero-order valence-electron chi connectivity index (χ0n) is 10.5. The van der Waals surface area contributed by atoms with Crippen molar-refractivity contribution in [2.45, 2.75) is 73.6 Å². The van der Waals surface area contributed by atoms with Crippen LogP contribution in [0.2, 0.25) is 0 Å². The second-order valence-corrected chi connectivity index (χ2v) is 5.66. The average Bonchev–Trinajstić information content (AvgIpc) is 1.94. The van der Waals surface area contributed by atoms with Gasteiger partial charge in [-0.05, 0) is 41.5 Å². The van der Waals surface area contributed by atoms with Crippen LogP contribution in [0.1, 0.15) is 56.4 Å². The van der Waals surface area contributed by atoms with Crippen LogP contribution in [0.15, 0.2) is 0 Å². The maximum absolute atomic E-state index is 11.6. The largest absolute Gasteiger partial charge is 0.459 e. The molecular formula is C13H31NO3. The Morgan fingerprint density at radius 3 is 1.82 bits per heavy atom. The molecule has 17 heavy (non-hydrogen) atoms. The average molecular weight is 249 g/mol. The lowest BCUT2D eigenvalue weighted by Crippen LogP contribution is -2.51. The van der Waals surface area contributed by atoms with Gasteiger partial charge in [-0.1, -0.05) is 14.9 Å². The summed E-state index contributed by atoms with van der Waals surface area (Å²) in [6.45, 7) is 10.9. The zero-order valence-corrected chi connectivity index (χ0v) is 10.5. The molecule has 2 N–H and O–H groups in total. The predicted octanol–water partition coefficient (Wildman–Crippen LogP) is 2.35. The molecule has 0 aliphatic heterocycles. The molecule has 4 heteroatoms. The maximum atomic E-state index is 11.6. The van der Waals surface area contributed by atoms with E-state index in [1.807, 2.05) is 20.8 Å². The number of rotatable bonds is 3. The second-order valence-electron chi connectivity index (χ2n) is 5.66. The van der Waals surface area contributed by atoms with E-state index in [-0.39, 0.29) is 27.0 Å². The van der Waals surface area contributed by atoms with E-state index in [0.717, 1.165) is 0 Å². The normalized spacial score (nSPS) is 13.1. The van der Waals surface area contributed by atoms with Crippen molar-refractivity contribution >= 4 is 5.97 Å². The van der Waals surface area contributed by atoms with Crippen LogP contribution in [0.3, 0.4) is 0 Å². The summed E-state index contributed by atoms with van der Waals surface area (Å²) in [5.74, 6) is -0.417. The summed E-state index contributed by atoms with van der Waals surface area (Å²) in [7, 11) is 0. The summed E-state index contributed by atoms with van der Waals surface area (Å²) in [6, 6.07) is -0.663. The minimum Gasteiger partial charge on any atom is -0.459 e. The summed E-state index contributed by atoms with van der Waals surface area (Å²) in [5.41, 5.74) is -0.756. The van der Waals surface area contributed by atoms with Gasteiger partial charge < -0.3 is 9.84 Å². The first-order valence-electron chi connectivity index (χ1n) is 5.16. The Bertz CT molecular complexity index is 214. The fourth-order valence-corrected chi connectivity index (χ4v) is 1.07. The summed E-state index contributed by atoms with van der Waals surface area (Å²) in [5, 5.41) is 12.1. The third-order valence-corrected chi connectivity index (χ3v) is 1.48. The highest BCUT2D eigenvalue weighted by Crippen LogP contribution is 2.10. The van der Waals surface area contributed by atoms with E-state index in [1.54, 1.807) is 20.8 Å². The SMILES string of the molecule is C.C.CC(C)(C)NC(CO)C(=O)OC(C)(C)C. The third-order valence-electron chi connectivity index (χ3n) is 1.48. The van der Waals surface area contributed by atoms with Crippen LogP contribution in [0.4, 0.5) is 0 Å². The third kappa shape index (κ3) is 11.6. The highest BCUT2D eigenvalue weighted by Gasteiger charge is 2.27. The van der Waals surface area contributed by atoms with Crippen molar-refractivity contribution in [3.8, 4) is 0 Å². The van der Waals surface area contributed by atoms with Gasteiger partial charge in [-0.3, -0.25) is 10.1 Å². The van der Waals surface area contributed by atoms with Crippen LogP contribution >= 0.6 is 0 Å². The molecule has 1 unspecified atom stereocenters. The van der Waals surface area contributed by atoms with Crippen molar-refractivity contribution in [2.75, 3.05) is 6.61 Å². The van der Waals surface area contributed by atoms with Crippen molar-refractivity contribution in [1.29, 1.82) is 0 Å². The Labute approximate surface area is 107 Å². The molecule has 0 heterocycles. The first-order chi connectivity index (χ1) is 6.55. The molecule has 0 fully saturated rings. The van der Waals surface area contributed by atoms with E-state index in [1.165, 1.54) is 0 Å². The molecule has 0 aliphatic rings. The Kier molecular flexibility index (Phi) is 9.76. The minimum atomic E-state index is -0.663. The highest BCUT2D eigenvalue weighted by molar-refractivity contribution is 5.76. The van der Waals surface area contributed by atoms with Crippen LogP contribution in [-0.2, 0) is 9.53 Å². The van der Waals surface area contributed by atoms with Crippen molar-refractivity contribution in [3.63, 3.8) is 0 Å². The van der Waals surface area contributed by atoms with Gasteiger partial charge in [0.1, 0.15) is 11.6 Å². The van der Waals surface area contributed by atoms with Crippen LogP contribution < -0.4 is 5.32 Å². The van der Waals surface area contributed by atoms with Gasteiger partial charge in [-0.2, -0.15) is 0 Å². The first kappa shape index (κ1) is 21.7. The number of ether oxygens (including phenoxy) is 1. The lowest BCUT2D eigenvalue weighted by Gasteiger charge is -2.28. The summed E-state index contributed by atoms with van der Waals surface area (Å²) < 4.78 is 5.18. The number of hydrogen-bond acceptors (Lipinski definition) is 4. The molecule has 0 aromatic carbocycles. The summed E-state index contributed by atoms with van der Waals surface area (Å²) in [4.78, 5) is 11.6. The number of aliphatic hydroxyl groups excluding tert-OH is 1.